The molecular weight excluding hydrogens is 460 g/mol. The summed E-state index contributed by atoms with van der Waals surface area (Å²) in [6.45, 7) is 4.40. The first-order valence-electron chi connectivity index (χ1n) is 12.5. The van der Waals surface area contributed by atoms with Gasteiger partial charge >= 0.3 is 23.8 Å². The van der Waals surface area contributed by atoms with Crippen LogP contribution in [0.3, 0.4) is 0 Å². The zero-order valence-electron chi connectivity index (χ0n) is 21.0. The number of carbonyl (C=O) groups excluding carboxylic acids is 4. The molecule has 0 aromatic heterocycles. The van der Waals surface area contributed by atoms with Crippen molar-refractivity contribution in [1.29, 1.82) is 0 Å². The molecule has 8 nitrogen and oxygen atoms in total. The van der Waals surface area contributed by atoms with Crippen LogP contribution < -0.4 is 10.6 Å². The van der Waals surface area contributed by atoms with E-state index in [2.05, 4.69) is 10.6 Å². The highest BCUT2D eigenvalue weighted by molar-refractivity contribution is 6.35. The van der Waals surface area contributed by atoms with Crippen LogP contribution in [0.4, 0.5) is 0 Å². The summed E-state index contributed by atoms with van der Waals surface area (Å²) in [5.41, 5.74) is 1.61. The summed E-state index contributed by atoms with van der Waals surface area (Å²) in [5.74, 6) is -3.29. The molecule has 8 heteroatoms. The smallest absolute Gasteiger partial charge is 0.328 e. The van der Waals surface area contributed by atoms with Gasteiger partial charge in [-0.25, -0.2) is 9.59 Å². The van der Waals surface area contributed by atoms with E-state index in [1.807, 2.05) is 74.5 Å². The van der Waals surface area contributed by atoms with Crippen molar-refractivity contribution in [2.45, 2.75) is 64.5 Å². The number of hydrogen-bond donors (Lipinski definition) is 2. The molecule has 0 heterocycles. The molecule has 0 aliphatic rings. The van der Waals surface area contributed by atoms with Crippen molar-refractivity contribution in [3.05, 3.63) is 71.8 Å². The monoisotopic (exact) mass is 496 g/mol. The van der Waals surface area contributed by atoms with E-state index < -0.39 is 35.8 Å². The van der Waals surface area contributed by atoms with Gasteiger partial charge in [-0.15, -0.1) is 0 Å². The highest BCUT2D eigenvalue weighted by atomic mass is 16.5. The predicted octanol–water partition coefficient (Wildman–Crippen LogP) is 3.13. The summed E-state index contributed by atoms with van der Waals surface area (Å²) in [6.07, 6.45) is 3.42. The first-order valence-corrected chi connectivity index (χ1v) is 12.5. The van der Waals surface area contributed by atoms with E-state index in [0.29, 0.717) is 12.8 Å². The lowest BCUT2D eigenvalue weighted by molar-refractivity contribution is -0.151. The standard InChI is InChI=1S/C28H36N2O6/c1-3-5-17-35-27(33)23(19-21-13-9-7-10-14-21)29-25(31)26(32)30-24(28(34)36-18-6-4-2)20-22-15-11-8-12-16-22/h7-16,23-24H,3-6,17-20H2,1-2H3,(H,29,31)(H,30,32)/t23-,24-/m0/s1. The minimum atomic E-state index is -1.05. The van der Waals surface area contributed by atoms with Gasteiger partial charge in [0.1, 0.15) is 12.1 Å². The van der Waals surface area contributed by atoms with Crippen molar-refractivity contribution in [1.82, 2.24) is 10.6 Å². The zero-order valence-corrected chi connectivity index (χ0v) is 21.0. The Morgan fingerprint density at radius 2 is 1.00 bits per heavy atom. The number of unbranched alkanes of at least 4 members (excludes halogenated alkanes) is 2. The van der Waals surface area contributed by atoms with Gasteiger partial charge < -0.3 is 20.1 Å². The van der Waals surface area contributed by atoms with Crippen molar-refractivity contribution < 1.29 is 28.7 Å². The average molecular weight is 497 g/mol. The Labute approximate surface area is 212 Å². The second-order valence-corrected chi connectivity index (χ2v) is 8.47. The van der Waals surface area contributed by atoms with Gasteiger partial charge in [-0.05, 0) is 24.0 Å². The average Bonchev–Trinajstić information content (AvgIpc) is 2.89. The van der Waals surface area contributed by atoms with Gasteiger partial charge in [-0.2, -0.15) is 0 Å². The Hall–Kier alpha value is -3.68. The van der Waals surface area contributed by atoms with E-state index in [9.17, 15) is 19.2 Å². The van der Waals surface area contributed by atoms with Crippen LogP contribution in [0.15, 0.2) is 60.7 Å². The number of amides is 2. The van der Waals surface area contributed by atoms with E-state index in [1.54, 1.807) is 0 Å². The molecule has 0 spiro atoms. The van der Waals surface area contributed by atoms with Crippen molar-refractivity contribution in [3.8, 4) is 0 Å². The Kier molecular flexibility index (Phi) is 12.8. The van der Waals surface area contributed by atoms with Gasteiger partial charge in [-0.3, -0.25) is 9.59 Å². The molecule has 36 heavy (non-hydrogen) atoms. The summed E-state index contributed by atoms with van der Waals surface area (Å²) in [7, 11) is 0. The maximum atomic E-state index is 12.8. The van der Waals surface area contributed by atoms with E-state index in [1.165, 1.54) is 0 Å². The van der Waals surface area contributed by atoms with Crippen molar-refractivity contribution in [2.24, 2.45) is 0 Å². The lowest BCUT2D eigenvalue weighted by atomic mass is 10.1. The first-order chi connectivity index (χ1) is 17.4. The molecule has 0 radical (unpaired) electrons. The fraction of sp³-hybridized carbons (Fsp3) is 0.429. The maximum Gasteiger partial charge on any atom is 0.328 e. The number of rotatable bonds is 14. The summed E-state index contributed by atoms with van der Waals surface area (Å²) in [4.78, 5) is 50.8. The van der Waals surface area contributed by atoms with Gasteiger partial charge in [0.2, 0.25) is 0 Å². The van der Waals surface area contributed by atoms with Gasteiger partial charge in [-0.1, -0.05) is 87.4 Å². The number of nitrogens with one attached hydrogen (secondary N) is 2. The number of esters is 2. The molecule has 0 fully saturated rings. The minimum Gasteiger partial charge on any atom is -0.464 e. The van der Waals surface area contributed by atoms with Crippen molar-refractivity contribution in [3.63, 3.8) is 0 Å². The van der Waals surface area contributed by atoms with E-state index in [4.69, 9.17) is 9.47 Å². The molecule has 0 aliphatic heterocycles. The lowest BCUT2D eigenvalue weighted by Gasteiger charge is -2.20. The van der Waals surface area contributed by atoms with Crippen LogP contribution in [0.1, 0.15) is 50.7 Å². The highest BCUT2D eigenvalue weighted by Crippen LogP contribution is 2.07. The number of carbonyl (C=O) groups is 4. The van der Waals surface area contributed by atoms with Crippen LogP contribution in [-0.2, 0) is 41.5 Å². The third-order valence-corrected chi connectivity index (χ3v) is 5.44. The van der Waals surface area contributed by atoms with Crippen molar-refractivity contribution in [2.75, 3.05) is 13.2 Å². The Morgan fingerprint density at radius 1 is 0.639 bits per heavy atom. The number of hydrogen-bond acceptors (Lipinski definition) is 6. The summed E-state index contributed by atoms with van der Waals surface area (Å²) in [5, 5.41) is 4.95. The molecule has 2 aromatic rings. The largest absolute Gasteiger partial charge is 0.464 e. The van der Waals surface area contributed by atoms with Gasteiger partial charge in [0.25, 0.3) is 0 Å². The molecule has 0 saturated carbocycles. The fourth-order valence-electron chi connectivity index (χ4n) is 3.37. The Bertz CT molecular complexity index is 885. The normalized spacial score (nSPS) is 12.2. The molecule has 0 saturated heterocycles. The van der Waals surface area contributed by atoms with E-state index in [0.717, 1.165) is 24.0 Å². The van der Waals surface area contributed by atoms with Crippen molar-refractivity contribution >= 4 is 23.8 Å². The van der Waals surface area contributed by atoms with Crippen LogP contribution in [0, 0.1) is 0 Å². The Balaban J connectivity index is 2.09. The second kappa shape index (κ2) is 16.1. The van der Waals surface area contributed by atoms with Crippen LogP contribution >= 0.6 is 0 Å². The second-order valence-electron chi connectivity index (χ2n) is 8.47. The van der Waals surface area contributed by atoms with Crippen LogP contribution in [0.5, 0.6) is 0 Å². The molecule has 194 valence electrons. The summed E-state index contributed by atoms with van der Waals surface area (Å²) >= 11 is 0. The molecule has 2 amide bonds. The molecule has 2 N–H and O–H groups in total. The lowest BCUT2D eigenvalue weighted by Crippen LogP contribution is -2.53. The third-order valence-electron chi connectivity index (χ3n) is 5.44. The van der Waals surface area contributed by atoms with Gasteiger partial charge in [0.15, 0.2) is 0 Å². The van der Waals surface area contributed by atoms with E-state index in [-0.39, 0.29) is 26.1 Å². The minimum absolute atomic E-state index is 0.164. The maximum absolute atomic E-state index is 12.8. The van der Waals surface area contributed by atoms with Crippen LogP contribution in [0.25, 0.3) is 0 Å². The van der Waals surface area contributed by atoms with Gasteiger partial charge in [0.05, 0.1) is 13.2 Å². The molecule has 0 unspecified atom stereocenters. The number of benzene rings is 2. The predicted molar refractivity (Wildman–Crippen MR) is 136 cm³/mol. The number of ether oxygens (including phenoxy) is 2. The third kappa shape index (κ3) is 10.3. The first kappa shape index (κ1) is 28.6. The summed E-state index contributed by atoms with van der Waals surface area (Å²) in [6, 6.07) is 16.2. The fourth-order valence-corrected chi connectivity index (χ4v) is 3.37. The molecule has 0 aliphatic carbocycles. The quantitative estimate of drug-likeness (QED) is 0.236. The highest BCUT2D eigenvalue weighted by Gasteiger charge is 2.29. The van der Waals surface area contributed by atoms with E-state index >= 15 is 0 Å². The topological polar surface area (TPSA) is 111 Å². The molecule has 2 atom stereocenters. The SMILES string of the molecule is CCCCOC(=O)[C@H](Cc1ccccc1)NC(=O)C(=O)N[C@@H](Cc1ccccc1)C(=O)OCCCC. The van der Waals surface area contributed by atoms with Crippen LogP contribution in [0.2, 0.25) is 0 Å². The zero-order chi connectivity index (χ0) is 26.2. The summed E-state index contributed by atoms with van der Waals surface area (Å²) < 4.78 is 10.6. The van der Waals surface area contributed by atoms with Gasteiger partial charge in [0, 0.05) is 12.8 Å². The molecule has 0 bridgehead atoms. The van der Waals surface area contributed by atoms with Crippen LogP contribution in [-0.4, -0.2) is 49.1 Å². The molecule has 2 aromatic carbocycles. The molecular formula is C28H36N2O6. The molecule has 2 rings (SSSR count). The Morgan fingerprint density at radius 3 is 1.33 bits per heavy atom.